The van der Waals surface area contributed by atoms with Crippen molar-refractivity contribution in [3.05, 3.63) is 105 Å². The van der Waals surface area contributed by atoms with E-state index in [0.29, 0.717) is 10.3 Å². The van der Waals surface area contributed by atoms with Crippen LogP contribution in [0.5, 0.6) is 17.5 Å². The minimum Gasteiger partial charge on any atom is -0.497 e. The van der Waals surface area contributed by atoms with E-state index in [1.165, 1.54) is 76.0 Å². The topological polar surface area (TPSA) is 138 Å². The minimum absolute atomic E-state index is 0.00422. The van der Waals surface area contributed by atoms with E-state index in [-0.39, 0.29) is 47.5 Å². The molecule has 0 aliphatic heterocycles. The first-order chi connectivity index (χ1) is 25.7. The van der Waals surface area contributed by atoms with Crippen LogP contribution >= 0.6 is 11.6 Å². The largest absolute Gasteiger partial charge is 0.497 e. The molecule has 4 aromatic rings. The van der Waals surface area contributed by atoms with Gasteiger partial charge in [0, 0.05) is 5.56 Å². The number of unbranched alkanes of at least 4 members (excludes halogenated alkanes) is 9. The van der Waals surface area contributed by atoms with E-state index in [0.717, 1.165) is 35.8 Å². The van der Waals surface area contributed by atoms with Crippen molar-refractivity contribution in [2.75, 3.05) is 25.6 Å². The van der Waals surface area contributed by atoms with E-state index < -0.39 is 35.3 Å². The predicted octanol–water partition coefficient (Wildman–Crippen LogP) is 8.60. The Kier molecular flexibility index (Phi) is 16.0. The van der Waals surface area contributed by atoms with E-state index in [1.807, 2.05) is 6.07 Å². The summed E-state index contributed by atoms with van der Waals surface area (Å²) in [6.07, 6.45) is 11.5. The summed E-state index contributed by atoms with van der Waals surface area (Å²) in [4.78, 5) is 55.3. The molecule has 0 saturated heterocycles. The molecule has 0 aliphatic rings. The van der Waals surface area contributed by atoms with Gasteiger partial charge >= 0.3 is 11.7 Å². The number of carbonyl (C=O) groups is 3. The summed E-state index contributed by atoms with van der Waals surface area (Å²) in [5.74, 6) is -2.81. The van der Waals surface area contributed by atoms with Gasteiger partial charge in [0.15, 0.2) is 11.8 Å². The van der Waals surface area contributed by atoms with Crippen molar-refractivity contribution in [3.63, 3.8) is 0 Å². The van der Waals surface area contributed by atoms with E-state index in [4.69, 9.17) is 25.8 Å². The molecule has 1 amide bonds. The number of hydrogen-bond acceptors (Lipinski definition) is 8. The van der Waals surface area contributed by atoms with E-state index in [9.17, 15) is 24.3 Å². The molecule has 3 aromatic carbocycles. The molecular formula is C41H50ClN3O8. The van der Waals surface area contributed by atoms with Crippen LogP contribution in [-0.4, -0.2) is 52.2 Å². The maximum Gasteiger partial charge on any atom is 0.338 e. The summed E-state index contributed by atoms with van der Waals surface area (Å²) >= 11 is 6.46. The number of esters is 1. The number of imidazole rings is 1. The zero-order valence-corrected chi connectivity index (χ0v) is 31.5. The second-order valence-electron chi connectivity index (χ2n) is 12.8. The number of aromatic hydroxyl groups is 1. The number of rotatable bonds is 22. The van der Waals surface area contributed by atoms with Gasteiger partial charge in [0.25, 0.3) is 17.7 Å². The molecule has 0 fully saturated rings. The first-order valence-corrected chi connectivity index (χ1v) is 18.7. The lowest BCUT2D eigenvalue weighted by Gasteiger charge is -2.18. The average molecular weight is 748 g/mol. The smallest absolute Gasteiger partial charge is 0.338 e. The number of anilines is 1. The molecule has 12 heteroatoms. The first-order valence-electron chi connectivity index (χ1n) is 18.4. The van der Waals surface area contributed by atoms with Gasteiger partial charge in [-0.25, -0.2) is 14.2 Å². The number of amides is 1. The summed E-state index contributed by atoms with van der Waals surface area (Å²) in [6.45, 7) is 4.23. The number of halogens is 1. The number of nitrogens with one attached hydrogen (secondary N) is 1. The molecule has 1 unspecified atom stereocenters. The summed E-state index contributed by atoms with van der Waals surface area (Å²) in [5, 5.41) is 14.1. The SMILES string of the molecule is CCCCCCCCCCCCOC(=O)c1ccc(Cl)c(NC(=O)C(C(=O)c2ccc(OC)cc2)n2c(O)c(OCC)n(Cc3ccccc3)c2=O)c1. The molecule has 53 heavy (non-hydrogen) atoms. The van der Waals surface area contributed by atoms with Crippen molar-refractivity contribution >= 4 is 34.9 Å². The van der Waals surface area contributed by atoms with Crippen molar-refractivity contribution < 1.29 is 33.7 Å². The molecule has 0 bridgehead atoms. The molecule has 1 aromatic heterocycles. The molecule has 1 atom stereocenters. The van der Waals surface area contributed by atoms with E-state index in [2.05, 4.69) is 12.2 Å². The number of aromatic nitrogens is 2. The third-order valence-electron chi connectivity index (χ3n) is 8.89. The number of benzene rings is 3. The molecule has 0 saturated carbocycles. The Labute approximate surface area is 315 Å². The molecule has 4 rings (SSSR count). The molecular weight excluding hydrogens is 698 g/mol. The molecule has 11 nitrogen and oxygen atoms in total. The quantitative estimate of drug-likeness (QED) is 0.0353. The molecule has 1 heterocycles. The fraction of sp³-hybridized carbons (Fsp3) is 0.415. The Hall–Kier alpha value is -5.03. The number of ketones is 1. The van der Waals surface area contributed by atoms with Gasteiger partial charge in [-0.15, -0.1) is 0 Å². The van der Waals surface area contributed by atoms with Gasteiger partial charge < -0.3 is 24.6 Å². The average Bonchev–Trinajstić information content (AvgIpc) is 3.38. The van der Waals surface area contributed by atoms with Gasteiger partial charge in [-0.05, 0) is 61.4 Å². The van der Waals surface area contributed by atoms with Crippen molar-refractivity contribution in [1.29, 1.82) is 0 Å². The normalized spacial score (nSPS) is 11.5. The predicted molar refractivity (Wildman–Crippen MR) is 206 cm³/mol. The molecule has 0 radical (unpaired) electrons. The number of methoxy groups -OCH3 is 1. The highest BCUT2D eigenvalue weighted by Crippen LogP contribution is 2.32. The van der Waals surface area contributed by atoms with Crippen molar-refractivity contribution in [3.8, 4) is 17.5 Å². The van der Waals surface area contributed by atoms with E-state index >= 15 is 0 Å². The summed E-state index contributed by atoms with van der Waals surface area (Å²) in [5.41, 5.74) is 0.0915. The van der Waals surface area contributed by atoms with Gasteiger partial charge in [0.2, 0.25) is 0 Å². The van der Waals surface area contributed by atoms with Gasteiger partial charge in [-0.2, -0.15) is 0 Å². The van der Waals surface area contributed by atoms with E-state index in [1.54, 1.807) is 43.3 Å². The second kappa shape index (κ2) is 20.9. The Morgan fingerprint density at radius 1 is 0.830 bits per heavy atom. The van der Waals surface area contributed by atoms with Crippen LogP contribution in [0.25, 0.3) is 0 Å². The standard InChI is InChI=1S/C41H50ClN3O8/c1-4-6-7-8-9-10-11-12-13-17-26-53-40(49)31-22-25-33(42)34(27-31)43-37(47)35(36(46)30-20-23-32(51-3)24-21-30)45-38(48)39(52-5-2)44(41(45)50)28-29-18-15-14-16-19-29/h14-16,18-25,27,35,48H,4-13,17,26,28H2,1-3H3,(H,43,47). The Bertz CT molecular complexity index is 1850. The monoisotopic (exact) mass is 747 g/mol. The highest BCUT2D eigenvalue weighted by Gasteiger charge is 2.37. The van der Waals surface area contributed by atoms with Crippen LogP contribution < -0.4 is 20.5 Å². The summed E-state index contributed by atoms with van der Waals surface area (Å²) in [7, 11) is 1.47. The molecule has 2 N–H and O–H groups in total. The third kappa shape index (κ3) is 11.2. The van der Waals surface area contributed by atoms with Gasteiger partial charge in [-0.1, -0.05) is 107 Å². The van der Waals surface area contributed by atoms with Crippen LogP contribution in [0.1, 0.15) is 110 Å². The minimum atomic E-state index is -1.91. The number of nitrogens with zero attached hydrogens (tertiary/aromatic N) is 2. The van der Waals surface area contributed by atoms with Crippen LogP contribution in [-0.2, 0) is 16.1 Å². The second-order valence-corrected chi connectivity index (χ2v) is 13.2. The van der Waals surface area contributed by atoms with Gasteiger partial charge in [-0.3, -0.25) is 14.2 Å². The number of carbonyl (C=O) groups excluding carboxylic acids is 3. The van der Waals surface area contributed by atoms with Crippen LogP contribution in [0.2, 0.25) is 5.02 Å². The summed E-state index contributed by atoms with van der Waals surface area (Å²) < 4.78 is 18.2. The van der Waals surface area contributed by atoms with Crippen LogP contribution in [0.3, 0.4) is 0 Å². The lowest BCUT2D eigenvalue weighted by atomic mass is 10.0. The lowest BCUT2D eigenvalue weighted by Crippen LogP contribution is -2.39. The Morgan fingerprint density at radius 3 is 2.08 bits per heavy atom. The third-order valence-corrected chi connectivity index (χ3v) is 9.22. The van der Waals surface area contributed by atoms with Gasteiger partial charge in [0.05, 0.1) is 43.1 Å². The number of Topliss-reactive ketones (excluding diaryl/α,β-unsaturated/α-hetero) is 1. The number of hydrogen-bond donors (Lipinski definition) is 2. The highest BCUT2D eigenvalue weighted by atomic mass is 35.5. The summed E-state index contributed by atoms with van der Waals surface area (Å²) in [6, 6.07) is 17.3. The number of ether oxygens (including phenoxy) is 3. The maximum absolute atomic E-state index is 14.2. The fourth-order valence-corrected chi connectivity index (χ4v) is 6.17. The van der Waals surface area contributed by atoms with Gasteiger partial charge in [0.1, 0.15) is 5.75 Å². The van der Waals surface area contributed by atoms with Crippen molar-refractivity contribution in [1.82, 2.24) is 9.13 Å². The fourth-order valence-electron chi connectivity index (χ4n) is 6.00. The maximum atomic E-state index is 14.2. The molecule has 0 spiro atoms. The lowest BCUT2D eigenvalue weighted by molar-refractivity contribution is -0.118. The first kappa shape index (κ1) is 40.7. The highest BCUT2D eigenvalue weighted by molar-refractivity contribution is 6.34. The molecule has 0 aliphatic carbocycles. The Balaban J connectivity index is 1.55. The van der Waals surface area contributed by atoms with Crippen LogP contribution in [0.4, 0.5) is 5.69 Å². The van der Waals surface area contributed by atoms with Crippen LogP contribution in [0, 0.1) is 0 Å². The van der Waals surface area contributed by atoms with Crippen LogP contribution in [0.15, 0.2) is 77.6 Å². The Morgan fingerprint density at radius 2 is 1.45 bits per heavy atom. The van der Waals surface area contributed by atoms with Crippen molar-refractivity contribution in [2.45, 2.75) is 90.6 Å². The zero-order valence-electron chi connectivity index (χ0n) is 30.8. The van der Waals surface area contributed by atoms with Crippen molar-refractivity contribution in [2.24, 2.45) is 0 Å². The zero-order chi connectivity index (χ0) is 38.2. The molecule has 284 valence electrons.